The van der Waals surface area contributed by atoms with Gasteiger partial charge >= 0.3 is 0 Å². The topological polar surface area (TPSA) is 103 Å². The summed E-state index contributed by atoms with van der Waals surface area (Å²) in [5.74, 6) is 2.95. The number of aromatic nitrogens is 7. The number of nitrogens with zero attached hydrogens (tertiary/aromatic N) is 6. The first-order chi connectivity index (χ1) is 18.1. The Bertz CT molecular complexity index is 1620. The van der Waals surface area contributed by atoms with E-state index >= 15 is 0 Å². The molecule has 1 saturated carbocycles. The van der Waals surface area contributed by atoms with E-state index in [9.17, 15) is 0 Å². The molecule has 0 atom stereocenters. The Balaban J connectivity index is 1.17. The number of imidazole rings is 1. The molecule has 3 N–H and O–H groups in total. The SMILES string of the molecule is CCN1CCc2nc(-c3ccc(-c4nc(Nc5ccc6[nH]ncc6c5C5CC5)n(C)n4)cc3C)[nH]c2C1. The van der Waals surface area contributed by atoms with Gasteiger partial charge < -0.3 is 10.3 Å². The molecule has 0 saturated heterocycles. The molecule has 3 aromatic heterocycles. The minimum absolute atomic E-state index is 0.573. The largest absolute Gasteiger partial charge is 0.341 e. The molecule has 5 aromatic rings. The Morgan fingerprint density at radius 2 is 2.03 bits per heavy atom. The summed E-state index contributed by atoms with van der Waals surface area (Å²) in [6, 6.07) is 10.6. The van der Waals surface area contributed by atoms with Gasteiger partial charge in [-0.25, -0.2) is 9.67 Å². The summed E-state index contributed by atoms with van der Waals surface area (Å²) in [6.45, 7) is 7.42. The van der Waals surface area contributed by atoms with Gasteiger partial charge in [-0.05, 0) is 61.6 Å². The van der Waals surface area contributed by atoms with Gasteiger partial charge in [-0.3, -0.25) is 10.00 Å². The lowest BCUT2D eigenvalue weighted by molar-refractivity contribution is 0.264. The van der Waals surface area contributed by atoms with Crippen LogP contribution in [0, 0.1) is 6.92 Å². The zero-order valence-corrected chi connectivity index (χ0v) is 21.5. The van der Waals surface area contributed by atoms with E-state index in [-0.39, 0.29) is 0 Å². The lowest BCUT2D eigenvalue weighted by atomic mass is 10.0. The average molecular weight is 494 g/mol. The van der Waals surface area contributed by atoms with Crippen LogP contribution < -0.4 is 5.32 Å². The van der Waals surface area contributed by atoms with Crippen LogP contribution in [0.2, 0.25) is 0 Å². The third-order valence-electron chi connectivity index (χ3n) is 7.76. The van der Waals surface area contributed by atoms with Crippen LogP contribution in [0.15, 0.2) is 36.5 Å². The Morgan fingerprint density at radius 3 is 2.84 bits per heavy atom. The molecule has 37 heavy (non-hydrogen) atoms. The maximum absolute atomic E-state index is 4.93. The highest BCUT2D eigenvalue weighted by molar-refractivity contribution is 5.89. The molecule has 1 fully saturated rings. The summed E-state index contributed by atoms with van der Waals surface area (Å²) in [5.41, 5.74) is 9.18. The van der Waals surface area contributed by atoms with Gasteiger partial charge in [-0.15, -0.1) is 5.10 Å². The summed E-state index contributed by atoms with van der Waals surface area (Å²) < 4.78 is 1.81. The molecule has 2 aliphatic rings. The van der Waals surface area contributed by atoms with E-state index in [0.29, 0.717) is 11.7 Å². The van der Waals surface area contributed by atoms with E-state index < -0.39 is 0 Å². The molecule has 0 amide bonds. The number of aromatic amines is 2. The van der Waals surface area contributed by atoms with Crippen molar-refractivity contribution in [2.45, 2.75) is 45.6 Å². The Morgan fingerprint density at radius 1 is 1.14 bits per heavy atom. The molecule has 7 rings (SSSR count). The molecule has 0 unspecified atom stereocenters. The van der Waals surface area contributed by atoms with E-state index in [4.69, 9.17) is 15.1 Å². The van der Waals surface area contributed by atoms with Gasteiger partial charge in [-0.1, -0.05) is 19.1 Å². The van der Waals surface area contributed by atoms with Crippen molar-refractivity contribution in [2.24, 2.45) is 7.05 Å². The zero-order chi connectivity index (χ0) is 25.1. The highest BCUT2D eigenvalue weighted by atomic mass is 15.4. The molecule has 0 bridgehead atoms. The molecule has 2 aromatic carbocycles. The second-order valence-corrected chi connectivity index (χ2v) is 10.3. The molecule has 9 nitrogen and oxygen atoms in total. The smallest absolute Gasteiger partial charge is 0.225 e. The van der Waals surface area contributed by atoms with Crippen LogP contribution in [0.5, 0.6) is 0 Å². The average Bonchev–Trinajstić information content (AvgIpc) is 3.29. The van der Waals surface area contributed by atoms with Crippen LogP contribution in [0.25, 0.3) is 33.7 Å². The van der Waals surface area contributed by atoms with E-state index in [0.717, 1.165) is 65.7 Å². The number of hydrogen-bond acceptors (Lipinski definition) is 6. The van der Waals surface area contributed by atoms with Crippen molar-refractivity contribution in [3.8, 4) is 22.8 Å². The number of nitrogens with one attached hydrogen (secondary N) is 3. The first-order valence-corrected chi connectivity index (χ1v) is 13.1. The summed E-state index contributed by atoms with van der Waals surface area (Å²) in [6.07, 6.45) is 5.35. The van der Waals surface area contributed by atoms with Crippen LogP contribution in [0.1, 0.15) is 48.2 Å². The predicted octanol–water partition coefficient (Wildman–Crippen LogP) is 5.06. The Hall–Kier alpha value is -3.98. The van der Waals surface area contributed by atoms with Gasteiger partial charge in [0.15, 0.2) is 5.82 Å². The highest BCUT2D eigenvalue weighted by Gasteiger charge is 2.29. The molecule has 1 aliphatic carbocycles. The molecular weight excluding hydrogens is 462 g/mol. The molecule has 1 aliphatic heterocycles. The minimum atomic E-state index is 0.573. The summed E-state index contributed by atoms with van der Waals surface area (Å²) in [7, 11) is 1.93. The third-order valence-corrected chi connectivity index (χ3v) is 7.76. The van der Waals surface area contributed by atoms with Gasteiger partial charge in [0.05, 0.1) is 23.1 Å². The van der Waals surface area contributed by atoms with E-state index in [1.54, 1.807) is 0 Å². The molecule has 0 radical (unpaired) electrons. The van der Waals surface area contributed by atoms with Crippen molar-refractivity contribution in [3.05, 3.63) is 59.0 Å². The molecule has 0 spiro atoms. The van der Waals surface area contributed by atoms with Crippen LogP contribution >= 0.6 is 0 Å². The number of H-pyrrole nitrogens is 2. The molecule has 188 valence electrons. The number of likely N-dealkylation sites (N-methyl/N-ethyl adjacent to an activating group) is 1. The molecular formula is C28H31N9. The number of rotatable bonds is 6. The van der Waals surface area contributed by atoms with Crippen molar-refractivity contribution in [1.29, 1.82) is 0 Å². The second kappa shape index (κ2) is 8.55. The van der Waals surface area contributed by atoms with Crippen LogP contribution in [-0.2, 0) is 20.0 Å². The Labute approximate surface area is 215 Å². The van der Waals surface area contributed by atoms with Crippen molar-refractivity contribution < 1.29 is 0 Å². The van der Waals surface area contributed by atoms with Crippen LogP contribution in [0.4, 0.5) is 11.6 Å². The standard InChI is InChI=1S/C28H31N9/c1-4-37-12-11-22-24(15-37)31-27(30-22)19-8-7-18(13-16(19)2)26-33-28(36(3)35-26)32-23-10-9-21-20(14-29-34-21)25(23)17-5-6-17/h7-10,13-14,17H,4-6,11-12,15H2,1-3H3,(H,29,34)(H,30,31)(H,32,33,35). The minimum Gasteiger partial charge on any atom is -0.341 e. The van der Waals surface area contributed by atoms with Gasteiger partial charge in [0, 0.05) is 48.8 Å². The van der Waals surface area contributed by atoms with Gasteiger partial charge in [0.1, 0.15) is 5.82 Å². The van der Waals surface area contributed by atoms with Gasteiger partial charge in [0.2, 0.25) is 5.95 Å². The van der Waals surface area contributed by atoms with Crippen molar-refractivity contribution in [1.82, 2.24) is 39.8 Å². The fourth-order valence-electron chi connectivity index (χ4n) is 5.51. The van der Waals surface area contributed by atoms with E-state index in [1.807, 2.05) is 17.9 Å². The number of aryl methyl sites for hydroxylation is 2. The normalized spacial score (nSPS) is 15.9. The summed E-state index contributed by atoms with van der Waals surface area (Å²) in [4.78, 5) is 15.8. The fourth-order valence-corrected chi connectivity index (χ4v) is 5.51. The number of fused-ring (bicyclic) bond motifs is 2. The van der Waals surface area contributed by atoms with Crippen LogP contribution in [0.3, 0.4) is 0 Å². The first-order valence-electron chi connectivity index (χ1n) is 13.1. The first kappa shape index (κ1) is 22.2. The maximum Gasteiger partial charge on any atom is 0.225 e. The van der Waals surface area contributed by atoms with E-state index in [2.05, 4.69) is 69.6 Å². The lowest BCUT2D eigenvalue weighted by Crippen LogP contribution is -2.30. The zero-order valence-electron chi connectivity index (χ0n) is 21.5. The Kier molecular flexibility index (Phi) is 5.14. The van der Waals surface area contributed by atoms with E-state index in [1.165, 1.54) is 35.2 Å². The number of anilines is 2. The van der Waals surface area contributed by atoms with Gasteiger partial charge in [-0.2, -0.15) is 10.1 Å². The third kappa shape index (κ3) is 3.90. The van der Waals surface area contributed by atoms with Crippen molar-refractivity contribution in [2.75, 3.05) is 18.4 Å². The van der Waals surface area contributed by atoms with Crippen LogP contribution in [-0.4, -0.2) is 52.9 Å². The number of hydrogen-bond donors (Lipinski definition) is 3. The summed E-state index contributed by atoms with van der Waals surface area (Å²) in [5, 5.41) is 16.8. The number of benzene rings is 2. The maximum atomic E-state index is 4.93. The lowest BCUT2D eigenvalue weighted by Gasteiger charge is -2.23. The predicted molar refractivity (Wildman–Crippen MR) is 145 cm³/mol. The van der Waals surface area contributed by atoms with Crippen molar-refractivity contribution in [3.63, 3.8) is 0 Å². The quantitative estimate of drug-likeness (QED) is 0.306. The second-order valence-electron chi connectivity index (χ2n) is 10.3. The molecule has 9 heteroatoms. The fraction of sp³-hybridized carbons (Fsp3) is 0.357. The van der Waals surface area contributed by atoms with Gasteiger partial charge in [0.25, 0.3) is 0 Å². The van der Waals surface area contributed by atoms with Crippen molar-refractivity contribution >= 4 is 22.5 Å². The summed E-state index contributed by atoms with van der Waals surface area (Å²) >= 11 is 0. The highest BCUT2D eigenvalue weighted by Crippen LogP contribution is 2.47. The molecule has 4 heterocycles. The monoisotopic (exact) mass is 493 g/mol.